The van der Waals surface area contributed by atoms with Gasteiger partial charge in [-0.2, -0.15) is 0 Å². The van der Waals surface area contributed by atoms with Gasteiger partial charge >= 0.3 is 5.80 Å². The average molecular weight is 563 g/mol. The minimum Gasteiger partial charge on any atom is -0.504 e. The summed E-state index contributed by atoms with van der Waals surface area (Å²) in [5.74, 6) is -1.75. The van der Waals surface area contributed by atoms with Crippen LogP contribution in [0.2, 0.25) is 0 Å². The molecule has 1 aromatic carbocycles. The molecule has 0 radical (unpaired) electrons. The van der Waals surface area contributed by atoms with E-state index in [2.05, 4.69) is 78.4 Å². The lowest BCUT2D eigenvalue weighted by Gasteiger charge is -2.20. The molecule has 0 saturated heterocycles. The van der Waals surface area contributed by atoms with Crippen molar-refractivity contribution < 1.29 is 8.85 Å². The maximum atomic E-state index is 5.76. The Bertz CT molecular complexity index is 385. The van der Waals surface area contributed by atoms with Gasteiger partial charge in [0, 0.05) is 15.6 Å². The van der Waals surface area contributed by atoms with Crippen LogP contribution in [0, 0.1) is 0 Å². The molecule has 0 aliphatic carbocycles. The van der Waals surface area contributed by atoms with Crippen molar-refractivity contribution in [2.24, 2.45) is 0 Å². The normalized spacial score (nSPS) is 11.6. The van der Waals surface area contributed by atoms with Crippen molar-refractivity contribution in [2.75, 3.05) is 6.61 Å². The molecular weight excluding hydrogens is 556 g/mol. The van der Waals surface area contributed by atoms with Crippen LogP contribution in [0.15, 0.2) is 25.6 Å². The van der Waals surface area contributed by atoms with Gasteiger partial charge in [0.05, 0.1) is 4.47 Å². The fraction of sp³-hybridized carbons (Fsp3) is 0.250. The van der Waals surface area contributed by atoms with Gasteiger partial charge in [-0.3, -0.25) is 0 Å². The van der Waals surface area contributed by atoms with Gasteiger partial charge in [0.2, 0.25) is 0 Å². The van der Waals surface area contributed by atoms with E-state index in [-0.39, 0.29) is 0 Å². The van der Waals surface area contributed by atoms with Crippen molar-refractivity contribution in [2.45, 2.75) is 6.92 Å². The zero-order valence-electron chi connectivity index (χ0n) is 8.07. The first-order chi connectivity index (χ1) is 7.37. The molecule has 0 aliphatic rings. The highest BCUT2D eigenvalue weighted by molar-refractivity contribution is 9.50. The molecule has 8 heteroatoms. The summed E-state index contributed by atoms with van der Waals surface area (Å²) in [5.41, 5.74) is 0. The lowest BCUT2D eigenvalue weighted by molar-refractivity contribution is 0.296. The first-order valence-electron chi connectivity index (χ1n) is 4.21. The van der Waals surface area contributed by atoms with Gasteiger partial charge in [-0.05, 0) is 97.4 Å². The van der Waals surface area contributed by atoms with Crippen LogP contribution in [0.1, 0.15) is 6.92 Å². The van der Waals surface area contributed by atoms with Crippen molar-refractivity contribution in [1.82, 2.24) is 0 Å². The zero-order chi connectivity index (χ0) is 12.3. The number of rotatable bonds is 4. The van der Waals surface area contributed by atoms with Crippen molar-refractivity contribution in [3.63, 3.8) is 0 Å². The standard InChI is InChI=1S/C8H7Br5O2Si/c1-2-14-16(12,13)15-6-4-3-5(9)7(10)8(6)11/h3-4H,2H2,1H3. The summed E-state index contributed by atoms with van der Waals surface area (Å²) in [6.07, 6.45) is 0. The third kappa shape index (κ3) is 4.36. The number of halogens is 5. The molecule has 2 nitrogen and oxygen atoms in total. The van der Waals surface area contributed by atoms with Crippen molar-refractivity contribution in [3.05, 3.63) is 25.6 Å². The number of hydrogen-bond donors (Lipinski definition) is 0. The number of hydrogen-bond acceptors (Lipinski definition) is 2. The molecule has 0 N–H and O–H groups in total. The molecule has 0 aromatic heterocycles. The van der Waals surface area contributed by atoms with E-state index in [0.717, 1.165) is 13.4 Å². The maximum Gasteiger partial charge on any atom is 0.552 e. The second kappa shape index (κ2) is 6.67. The highest BCUT2D eigenvalue weighted by Crippen LogP contribution is 2.40. The van der Waals surface area contributed by atoms with E-state index in [1.54, 1.807) is 0 Å². The molecule has 1 aromatic rings. The van der Waals surface area contributed by atoms with Crippen molar-refractivity contribution in [1.29, 1.82) is 0 Å². The monoisotopic (exact) mass is 558 g/mol. The Hall–Kier alpha value is 1.60. The van der Waals surface area contributed by atoms with E-state index >= 15 is 0 Å². The second-order valence-electron chi connectivity index (χ2n) is 2.67. The lowest BCUT2D eigenvalue weighted by Crippen LogP contribution is -2.31. The van der Waals surface area contributed by atoms with Gasteiger partial charge in [-0.1, -0.05) is 0 Å². The predicted molar refractivity (Wildman–Crippen MR) is 85.4 cm³/mol. The van der Waals surface area contributed by atoms with Crippen LogP contribution in [0.25, 0.3) is 0 Å². The molecule has 1 rings (SSSR count). The van der Waals surface area contributed by atoms with Gasteiger partial charge in [0.1, 0.15) is 5.75 Å². The summed E-state index contributed by atoms with van der Waals surface area (Å²) in [5, 5.41) is 0. The molecule has 0 aliphatic heterocycles. The fourth-order valence-electron chi connectivity index (χ4n) is 0.913. The molecule has 0 fully saturated rings. The third-order valence-electron chi connectivity index (χ3n) is 1.54. The van der Waals surface area contributed by atoms with Crippen LogP contribution in [0.3, 0.4) is 0 Å². The molecular formula is C8H7Br5O2Si. The summed E-state index contributed by atoms with van der Waals surface area (Å²) in [6.45, 7) is 2.50. The minimum absolute atomic E-state index is 0.581. The van der Waals surface area contributed by atoms with Crippen LogP contribution in [-0.4, -0.2) is 12.4 Å². The highest BCUT2D eigenvalue weighted by atomic mass is 79.9. The van der Waals surface area contributed by atoms with Crippen LogP contribution in [0.4, 0.5) is 0 Å². The Kier molecular flexibility index (Phi) is 6.53. The molecule has 0 bridgehead atoms. The molecule has 16 heavy (non-hydrogen) atoms. The third-order valence-corrected chi connectivity index (χ3v) is 8.30. The van der Waals surface area contributed by atoms with E-state index < -0.39 is 5.80 Å². The molecule has 0 heterocycles. The maximum absolute atomic E-state index is 5.76. The summed E-state index contributed by atoms with van der Waals surface area (Å²) < 4.78 is 13.9. The second-order valence-corrected chi connectivity index (χ2v) is 16.0. The van der Waals surface area contributed by atoms with Gasteiger partial charge < -0.3 is 8.85 Å². The Morgan fingerprint density at radius 3 is 2.31 bits per heavy atom. The van der Waals surface area contributed by atoms with Crippen molar-refractivity contribution in [3.8, 4) is 5.75 Å². The summed E-state index contributed by atoms with van der Waals surface area (Å²) in [7, 11) is 0. The van der Waals surface area contributed by atoms with Gasteiger partial charge in [0.15, 0.2) is 0 Å². The summed E-state index contributed by atoms with van der Waals surface area (Å²) >= 11 is 17.2. The Morgan fingerprint density at radius 2 is 1.75 bits per heavy atom. The van der Waals surface area contributed by atoms with Crippen LogP contribution >= 0.6 is 78.4 Å². The average Bonchev–Trinajstić information content (AvgIpc) is 2.19. The fourth-order valence-corrected chi connectivity index (χ4v) is 5.65. The molecule has 0 atom stereocenters. The smallest absolute Gasteiger partial charge is 0.504 e. The Labute approximate surface area is 136 Å². The highest BCUT2D eigenvalue weighted by Gasteiger charge is 2.34. The summed E-state index contributed by atoms with van der Waals surface area (Å²) in [6, 6.07) is 3.77. The minimum atomic E-state index is -2.46. The van der Waals surface area contributed by atoms with Gasteiger partial charge in [0.25, 0.3) is 0 Å². The molecule has 90 valence electrons. The van der Waals surface area contributed by atoms with E-state index in [4.69, 9.17) is 8.85 Å². The van der Waals surface area contributed by atoms with Crippen LogP contribution in [-0.2, 0) is 4.43 Å². The molecule has 0 saturated carbocycles. The van der Waals surface area contributed by atoms with Crippen LogP contribution in [0.5, 0.6) is 5.75 Å². The first kappa shape index (κ1) is 15.7. The molecule has 0 unspecified atom stereocenters. The lowest BCUT2D eigenvalue weighted by atomic mass is 10.3. The largest absolute Gasteiger partial charge is 0.552 e. The Balaban J connectivity index is 2.94. The van der Waals surface area contributed by atoms with Crippen molar-refractivity contribution >= 4 is 84.2 Å². The summed E-state index contributed by atoms with van der Waals surface area (Å²) in [4.78, 5) is 0. The topological polar surface area (TPSA) is 18.5 Å². The van der Waals surface area contributed by atoms with E-state index in [0.29, 0.717) is 12.4 Å². The molecule has 0 spiro atoms. The van der Waals surface area contributed by atoms with Crippen LogP contribution < -0.4 is 4.43 Å². The Morgan fingerprint density at radius 1 is 1.12 bits per heavy atom. The van der Waals surface area contributed by atoms with E-state index in [1.165, 1.54) is 0 Å². The van der Waals surface area contributed by atoms with E-state index in [9.17, 15) is 0 Å². The first-order valence-corrected chi connectivity index (χ1v) is 12.9. The zero-order valence-corrected chi connectivity index (χ0v) is 17.0. The predicted octanol–water partition coefficient (Wildman–Crippen LogP) is 5.61. The van der Waals surface area contributed by atoms with Gasteiger partial charge in [-0.25, -0.2) is 0 Å². The molecule has 0 amide bonds. The van der Waals surface area contributed by atoms with E-state index in [1.807, 2.05) is 19.1 Å². The van der Waals surface area contributed by atoms with Gasteiger partial charge in [-0.15, -0.1) is 0 Å². The quantitative estimate of drug-likeness (QED) is 0.270. The SMILES string of the molecule is CCO[Si](Br)(Br)Oc1ccc(Br)c(Br)c1Br. The number of benzene rings is 1.